The molecule has 1 fully saturated rings. The molecule has 1 rings (SSSR count). The first-order chi connectivity index (χ1) is 6.14. The predicted molar refractivity (Wildman–Crippen MR) is 58.9 cm³/mol. The van der Waals surface area contributed by atoms with Crippen molar-refractivity contribution in [3.63, 3.8) is 0 Å². The van der Waals surface area contributed by atoms with Crippen LogP contribution in [0, 0.1) is 11.3 Å². The van der Waals surface area contributed by atoms with Crippen LogP contribution in [0.3, 0.4) is 0 Å². The smallest absolute Gasteiger partial charge is 0.00922 e. The largest absolute Gasteiger partial charge is 0.317 e. The Morgan fingerprint density at radius 1 is 1.31 bits per heavy atom. The van der Waals surface area contributed by atoms with Crippen molar-refractivity contribution in [1.29, 1.82) is 0 Å². The molecule has 2 atom stereocenters. The minimum atomic E-state index is 0.670. The van der Waals surface area contributed by atoms with Crippen molar-refractivity contribution in [3.05, 3.63) is 0 Å². The van der Waals surface area contributed by atoms with E-state index in [1.807, 2.05) is 0 Å². The van der Waals surface area contributed by atoms with Gasteiger partial charge < -0.3 is 5.32 Å². The molecule has 1 aliphatic rings. The summed E-state index contributed by atoms with van der Waals surface area (Å²) in [5.74, 6) is 0.920. The molecule has 0 aromatic rings. The first kappa shape index (κ1) is 11.0. The van der Waals surface area contributed by atoms with Crippen molar-refractivity contribution in [2.75, 3.05) is 7.05 Å². The highest BCUT2D eigenvalue weighted by Gasteiger charge is 2.46. The SMILES string of the molecule is CCCC(C)CC1(C(C)NC)CC1. The molecular formula is C12H25N. The van der Waals surface area contributed by atoms with Crippen LogP contribution >= 0.6 is 0 Å². The predicted octanol–water partition coefficient (Wildman–Crippen LogP) is 3.20. The van der Waals surface area contributed by atoms with E-state index in [2.05, 4.69) is 33.1 Å². The van der Waals surface area contributed by atoms with E-state index in [0.717, 1.165) is 5.92 Å². The number of hydrogen-bond donors (Lipinski definition) is 1. The summed E-state index contributed by atoms with van der Waals surface area (Å²) in [6.07, 6.45) is 7.07. The monoisotopic (exact) mass is 183 g/mol. The van der Waals surface area contributed by atoms with Gasteiger partial charge in [0.1, 0.15) is 0 Å². The molecule has 0 amide bonds. The van der Waals surface area contributed by atoms with E-state index in [9.17, 15) is 0 Å². The summed E-state index contributed by atoms with van der Waals surface area (Å²) in [6, 6.07) is 0.715. The highest BCUT2D eigenvalue weighted by molar-refractivity contribution is 5.00. The average Bonchev–Trinajstić information content (AvgIpc) is 2.85. The molecule has 1 nitrogen and oxygen atoms in total. The fourth-order valence-corrected chi connectivity index (χ4v) is 2.57. The van der Waals surface area contributed by atoms with Gasteiger partial charge >= 0.3 is 0 Å². The van der Waals surface area contributed by atoms with E-state index in [0.29, 0.717) is 11.5 Å². The zero-order chi connectivity index (χ0) is 9.90. The van der Waals surface area contributed by atoms with Gasteiger partial charge in [-0.1, -0.05) is 26.7 Å². The van der Waals surface area contributed by atoms with Crippen molar-refractivity contribution >= 4 is 0 Å². The molecule has 1 heteroatoms. The van der Waals surface area contributed by atoms with Gasteiger partial charge in [0, 0.05) is 6.04 Å². The average molecular weight is 183 g/mol. The Morgan fingerprint density at radius 3 is 2.31 bits per heavy atom. The molecule has 0 radical (unpaired) electrons. The maximum absolute atomic E-state index is 3.42. The summed E-state index contributed by atoms with van der Waals surface area (Å²) in [7, 11) is 2.09. The van der Waals surface area contributed by atoms with E-state index >= 15 is 0 Å². The first-order valence-electron chi connectivity index (χ1n) is 5.82. The zero-order valence-electron chi connectivity index (χ0n) is 9.69. The molecule has 0 saturated heterocycles. The van der Waals surface area contributed by atoms with E-state index in [4.69, 9.17) is 0 Å². The zero-order valence-corrected chi connectivity index (χ0v) is 9.69. The summed E-state index contributed by atoms with van der Waals surface area (Å²) in [5.41, 5.74) is 0.670. The number of rotatable bonds is 6. The van der Waals surface area contributed by atoms with Gasteiger partial charge in [0.15, 0.2) is 0 Å². The van der Waals surface area contributed by atoms with Crippen molar-refractivity contribution < 1.29 is 0 Å². The fraction of sp³-hybridized carbons (Fsp3) is 1.00. The van der Waals surface area contributed by atoms with Crippen molar-refractivity contribution in [1.82, 2.24) is 5.32 Å². The third-order valence-electron chi connectivity index (χ3n) is 3.78. The molecule has 1 aliphatic carbocycles. The summed E-state index contributed by atoms with van der Waals surface area (Å²) in [6.45, 7) is 7.04. The van der Waals surface area contributed by atoms with Crippen LogP contribution in [0.1, 0.15) is 52.9 Å². The van der Waals surface area contributed by atoms with Crippen LogP contribution in [0.25, 0.3) is 0 Å². The molecule has 0 bridgehead atoms. The second-order valence-corrected chi connectivity index (χ2v) is 4.97. The Hall–Kier alpha value is -0.0400. The summed E-state index contributed by atoms with van der Waals surface area (Å²) in [4.78, 5) is 0. The summed E-state index contributed by atoms with van der Waals surface area (Å²) in [5, 5.41) is 3.42. The lowest BCUT2D eigenvalue weighted by molar-refractivity contribution is 0.287. The van der Waals surface area contributed by atoms with Gasteiger partial charge in [-0.15, -0.1) is 0 Å². The standard InChI is InChI=1S/C12H25N/c1-5-6-10(2)9-12(7-8-12)11(3)13-4/h10-11,13H,5-9H2,1-4H3. The third kappa shape index (κ3) is 2.70. The lowest BCUT2D eigenvalue weighted by Gasteiger charge is -2.26. The number of nitrogens with one attached hydrogen (secondary N) is 1. The minimum absolute atomic E-state index is 0.670. The molecule has 1 N–H and O–H groups in total. The molecule has 0 aromatic heterocycles. The highest BCUT2D eigenvalue weighted by Crippen LogP contribution is 2.53. The Kier molecular flexibility index (Phi) is 3.78. The molecule has 0 aromatic carbocycles. The van der Waals surface area contributed by atoms with Crippen LogP contribution in [0.2, 0.25) is 0 Å². The molecule has 1 saturated carbocycles. The Balaban J connectivity index is 2.34. The Bertz CT molecular complexity index is 149. The molecule has 0 spiro atoms. The van der Waals surface area contributed by atoms with Gasteiger partial charge in [0.2, 0.25) is 0 Å². The van der Waals surface area contributed by atoms with Gasteiger partial charge in [0.05, 0.1) is 0 Å². The van der Waals surface area contributed by atoms with E-state index < -0.39 is 0 Å². The van der Waals surface area contributed by atoms with Crippen LogP contribution < -0.4 is 5.32 Å². The van der Waals surface area contributed by atoms with Gasteiger partial charge in [-0.3, -0.25) is 0 Å². The highest BCUT2D eigenvalue weighted by atomic mass is 14.9. The van der Waals surface area contributed by atoms with Gasteiger partial charge in [0.25, 0.3) is 0 Å². The van der Waals surface area contributed by atoms with Crippen LogP contribution in [-0.2, 0) is 0 Å². The van der Waals surface area contributed by atoms with E-state index in [1.54, 1.807) is 0 Å². The first-order valence-corrected chi connectivity index (χ1v) is 5.82. The van der Waals surface area contributed by atoms with Gasteiger partial charge in [-0.2, -0.15) is 0 Å². The van der Waals surface area contributed by atoms with Crippen LogP contribution in [0.15, 0.2) is 0 Å². The molecule has 0 aliphatic heterocycles. The van der Waals surface area contributed by atoms with Gasteiger partial charge in [-0.05, 0) is 44.6 Å². The van der Waals surface area contributed by atoms with Crippen LogP contribution in [-0.4, -0.2) is 13.1 Å². The number of hydrogen-bond acceptors (Lipinski definition) is 1. The maximum atomic E-state index is 3.42. The molecule has 78 valence electrons. The van der Waals surface area contributed by atoms with Crippen molar-refractivity contribution in [2.24, 2.45) is 11.3 Å². The minimum Gasteiger partial charge on any atom is -0.317 e. The Morgan fingerprint density at radius 2 is 1.92 bits per heavy atom. The van der Waals surface area contributed by atoms with Crippen molar-refractivity contribution in [2.45, 2.75) is 58.9 Å². The second-order valence-electron chi connectivity index (χ2n) is 4.97. The lowest BCUT2D eigenvalue weighted by Crippen LogP contribution is -2.33. The van der Waals surface area contributed by atoms with E-state index in [-0.39, 0.29) is 0 Å². The molecular weight excluding hydrogens is 158 g/mol. The van der Waals surface area contributed by atoms with Crippen molar-refractivity contribution in [3.8, 4) is 0 Å². The fourth-order valence-electron chi connectivity index (χ4n) is 2.57. The third-order valence-corrected chi connectivity index (χ3v) is 3.78. The van der Waals surface area contributed by atoms with Crippen LogP contribution in [0.4, 0.5) is 0 Å². The van der Waals surface area contributed by atoms with E-state index in [1.165, 1.54) is 32.1 Å². The normalized spacial score (nSPS) is 24.0. The Labute approximate surface area is 83.3 Å². The second kappa shape index (κ2) is 4.45. The molecule has 13 heavy (non-hydrogen) atoms. The topological polar surface area (TPSA) is 12.0 Å². The summed E-state index contributed by atoms with van der Waals surface area (Å²) < 4.78 is 0. The summed E-state index contributed by atoms with van der Waals surface area (Å²) >= 11 is 0. The molecule has 2 unspecified atom stereocenters. The molecule has 0 heterocycles. The van der Waals surface area contributed by atoms with Crippen LogP contribution in [0.5, 0.6) is 0 Å². The quantitative estimate of drug-likeness (QED) is 0.667. The maximum Gasteiger partial charge on any atom is 0.00922 e. The lowest BCUT2D eigenvalue weighted by atomic mass is 9.85. The van der Waals surface area contributed by atoms with Gasteiger partial charge in [-0.25, -0.2) is 0 Å².